The van der Waals surface area contributed by atoms with Gasteiger partial charge in [0.2, 0.25) is 0 Å². The van der Waals surface area contributed by atoms with Crippen molar-refractivity contribution in [1.29, 1.82) is 0 Å². The quantitative estimate of drug-likeness (QED) is 0.291. The molecule has 0 aliphatic rings. The maximum absolute atomic E-state index is 12.8. The number of nitrogens with one attached hydrogen (secondary N) is 1. The lowest BCUT2D eigenvalue weighted by Crippen LogP contribution is -2.13. The summed E-state index contributed by atoms with van der Waals surface area (Å²) in [4.78, 5) is 24.1. The largest absolute Gasteiger partial charge is 0.490 e. The number of carbonyl (C=O) groups is 1. The predicted octanol–water partition coefficient (Wildman–Crippen LogP) is 4.90. The Morgan fingerprint density at radius 3 is 2.48 bits per heavy atom. The fraction of sp³-hybridized carbons (Fsp3) is 0.154. The van der Waals surface area contributed by atoms with E-state index in [1.54, 1.807) is 42.5 Å². The van der Waals surface area contributed by atoms with Crippen molar-refractivity contribution < 1.29 is 23.4 Å². The van der Waals surface area contributed by atoms with Crippen LogP contribution in [0.2, 0.25) is 0 Å². The van der Waals surface area contributed by atoms with E-state index in [2.05, 4.69) is 5.32 Å². The van der Waals surface area contributed by atoms with Gasteiger partial charge in [0.25, 0.3) is 5.91 Å². The van der Waals surface area contributed by atoms with Crippen LogP contribution in [-0.2, 0) is 0 Å². The lowest BCUT2D eigenvalue weighted by Gasteiger charge is -2.14. The smallest absolute Gasteiger partial charge is 0.336 e. The molecular formula is C26H23NO6. The van der Waals surface area contributed by atoms with Crippen LogP contribution in [0.25, 0.3) is 11.0 Å². The van der Waals surface area contributed by atoms with Crippen LogP contribution in [-0.4, -0.2) is 25.7 Å². The number of carbonyl (C=O) groups excluding carboxylic acids is 1. The molecule has 0 saturated heterocycles. The molecule has 0 saturated carbocycles. The van der Waals surface area contributed by atoms with E-state index >= 15 is 0 Å². The molecule has 0 bridgehead atoms. The van der Waals surface area contributed by atoms with Gasteiger partial charge in [-0.1, -0.05) is 18.2 Å². The van der Waals surface area contributed by atoms with Crippen molar-refractivity contribution in [2.45, 2.75) is 6.92 Å². The molecule has 0 spiro atoms. The second kappa shape index (κ2) is 10.4. The summed E-state index contributed by atoms with van der Waals surface area (Å²) >= 11 is 0. The molecule has 4 rings (SSSR count). The van der Waals surface area contributed by atoms with Crippen LogP contribution >= 0.6 is 0 Å². The fourth-order valence-electron chi connectivity index (χ4n) is 3.22. The highest BCUT2D eigenvalue weighted by molar-refractivity contribution is 6.05. The zero-order chi connectivity index (χ0) is 23.0. The first kappa shape index (κ1) is 22.0. The summed E-state index contributed by atoms with van der Waals surface area (Å²) in [5.74, 6) is 1.48. The van der Waals surface area contributed by atoms with E-state index in [0.717, 1.165) is 5.75 Å². The highest BCUT2D eigenvalue weighted by Crippen LogP contribution is 2.29. The summed E-state index contributed by atoms with van der Waals surface area (Å²) in [7, 11) is 0. The summed E-state index contributed by atoms with van der Waals surface area (Å²) in [6.07, 6.45) is 0. The number of ether oxygens (including phenoxy) is 3. The third kappa shape index (κ3) is 5.71. The molecule has 4 aromatic rings. The summed E-state index contributed by atoms with van der Waals surface area (Å²) in [6.45, 7) is 2.99. The molecule has 7 heteroatoms. The van der Waals surface area contributed by atoms with E-state index in [9.17, 15) is 9.59 Å². The highest BCUT2D eigenvalue weighted by atomic mass is 16.5. The van der Waals surface area contributed by atoms with Crippen molar-refractivity contribution in [3.63, 3.8) is 0 Å². The number of rotatable bonds is 9. The summed E-state index contributed by atoms with van der Waals surface area (Å²) < 4.78 is 22.2. The molecule has 1 N–H and O–H groups in total. The highest BCUT2D eigenvalue weighted by Gasteiger charge is 2.13. The van der Waals surface area contributed by atoms with Crippen LogP contribution in [0.1, 0.15) is 17.3 Å². The average Bonchev–Trinajstić information content (AvgIpc) is 2.83. The van der Waals surface area contributed by atoms with Gasteiger partial charge in [0.1, 0.15) is 24.5 Å². The van der Waals surface area contributed by atoms with Crippen molar-refractivity contribution in [3.8, 4) is 17.2 Å². The van der Waals surface area contributed by atoms with Crippen LogP contribution in [0, 0.1) is 0 Å². The Hall–Kier alpha value is -4.26. The number of hydrogen-bond acceptors (Lipinski definition) is 6. The number of para-hydroxylation sites is 1. The van der Waals surface area contributed by atoms with Crippen molar-refractivity contribution in [3.05, 3.63) is 94.8 Å². The van der Waals surface area contributed by atoms with Gasteiger partial charge in [-0.25, -0.2) is 4.79 Å². The molecule has 1 amide bonds. The molecule has 0 atom stereocenters. The maximum Gasteiger partial charge on any atom is 0.336 e. The molecule has 0 radical (unpaired) electrons. The molecule has 7 nitrogen and oxygen atoms in total. The lowest BCUT2D eigenvalue weighted by molar-refractivity contribution is 0.102. The Bertz CT molecular complexity index is 1300. The van der Waals surface area contributed by atoms with Gasteiger partial charge in [-0.15, -0.1) is 0 Å². The second-order valence-corrected chi connectivity index (χ2v) is 7.07. The summed E-state index contributed by atoms with van der Waals surface area (Å²) in [6, 6.07) is 22.6. The van der Waals surface area contributed by atoms with Gasteiger partial charge in [0.15, 0.2) is 11.5 Å². The fourth-order valence-corrected chi connectivity index (χ4v) is 3.22. The van der Waals surface area contributed by atoms with Gasteiger partial charge in [0.05, 0.1) is 6.61 Å². The number of amides is 1. The van der Waals surface area contributed by atoms with Gasteiger partial charge in [-0.05, 0) is 61.5 Å². The van der Waals surface area contributed by atoms with Gasteiger partial charge in [0, 0.05) is 22.7 Å². The van der Waals surface area contributed by atoms with Crippen LogP contribution in [0.5, 0.6) is 17.2 Å². The van der Waals surface area contributed by atoms with E-state index in [1.807, 2.05) is 37.3 Å². The maximum atomic E-state index is 12.8. The minimum absolute atomic E-state index is 0.299. The Labute approximate surface area is 190 Å². The van der Waals surface area contributed by atoms with Crippen molar-refractivity contribution >= 4 is 22.6 Å². The molecular weight excluding hydrogens is 422 g/mol. The Morgan fingerprint density at radius 1 is 0.848 bits per heavy atom. The van der Waals surface area contributed by atoms with Crippen molar-refractivity contribution in [1.82, 2.24) is 0 Å². The molecule has 1 heterocycles. The number of fused-ring (bicyclic) bond motifs is 1. The molecule has 168 valence electrons. The third-order valence-electron chi connectivity index (χ3n) is 4.74. The minimum atomic E-state index is -0.420. The molecule has 0 aliphatic carbocycles. The first-order chi connectivity index (χ1) is 16.1. The zero-order valence-electron chi connectivity index (χ0n) is 18.1. The van der Waals surface area contributed by atoms with Crippen molar-refractivity contribution in [2.75, 3.05) is 25.1 Å². The van der Waals surface area contributed by atoms with Crippen LogP contribution < -0.4 is 25.2 Å². The minimum Gasteiger partial charge on any atom is -0.490 e. The Balaban J connectivity index is 1.41. The molecule has 0 unspecified atom stereocenters. The Kier molecular flexibility index (Phi) is 6.90. The van der Waals surface area contributed by atoms with Crippen LogP contribution in [0.3, 0.4) is 0 Å². The van der Waals surface area contributed by atoms with E-state index in [0.29, 0.717) is 53.5 Å². The predicted molar refractivity (Wildman–Crippen MR) is 125 cm³/mol. The molecule has 1 aromatic heterocycles. The van der Waals surface area contributed by atoms with E-state index in [-0.39, 0.29) is 5.91 Å². The topological polar surface area (TPSA) is 87.0 Å². The van der Waals surface area contributed by atoms with Crippen molar-refractivity contribution in [2.24, 2.45) is 0 Å². The van der Waals surface area contributed by atoms with Gasteiger partial charge in [-0.3, -0.25) is 4.79 Å². The Morgan fingerprint density at radius 2 is 1.67 bits per heavy atom. The lowest BCUT2D eigenvalue weighted by atomic mass is 10.1. The van der Waals surface area contributed by atoms with Crippen LogP contribution in [0.15, 0.2) is 88.1 Å². The average molecular weight is 445 g/mol. The van der Waals surface area contributed by atoms with E-state index in [4.69, 9.17) is 18.6 Å². The van der Waals surface area contributed by atoms with E-state index in [1.165, 1.54) is 6.07 Å². The third-order valence-corrected chi connectivity index (χ3v) is 4.74. The monoisotopic (exact) mass is 445 g/mol. The second-order valence-electron chi connectivity index (χ2n) is 7.07. The first-order valence-electron chi connectivity index (χ1n) is 10.5. The van der Waals surface area contributed by atoms with Gasteiger partial charge < -0.3 is 23.9 Å². The molecule has 3 aromatic carbocycles. The molecule has 0 fully saturated rings. The first-order valence-corrected chi connectivity index (χ1v) is 10.5. The number of benzene rings is 3. The molecule has 0 aliphatic heterocycles. The molecule has 33 heavy (non-hydrogen) atoms. The zero-order valence-corrected chi connectivity index (χ0v) is 18.1. The van der Waals surface area contributed by atoms with Gasteiger partial charge >= 0.3 is 5.63 Å². The van der Waals surface area contributed by atoms with Gasteiger partial charge in [-0.2, -0.15) is 0 Å². The number of anilines is 1. The van der Waals surface area contributed by atoms with Crippen LogP contribution in [0.4, 0.5) is 5.69 Å². The summed E-state index contributed by atoms with van der Waals surface area (Å²) in [5.41, 5.74) is 1.04. The van der Waals surface area contributed by atoms with E-state index < -0.39 is 5.63 Å². The normalized spacial score (nSPS) is 10.6. The standard InChI is InChI=1S/C26H23NO6/c1-2-30-24-17-19(8-11-23(24)32-15-14-31-21-6-4-3-5-7-21)26(29)27-20-10-12-22-18(16-20)9-13-25(28)33-22/h3-13,16-17H,2,14-15H2,1H3,(H,27,29). The number of hydrogen-bond donors (Lipinski definition) is 1. The SMILES string of the molecule is CCOc1cc(C(=O)Nc2ccc3oc(=O)ccc3c2)ccc1OCCOc1ccccc1. The summed E-state index contributed by atoms with van der Waals surface area (Å²) in [5, 5.41) is 3.56.